The predicted octanol–water partition coefficient (Wildman–Crippen LogP) is 6.83. The number of aromatic nitrogens is 2. The fourth-order valence-electron chi connectivity index (χ4n) is 6.65. The van der Waals surface area contributed by atoms with Gasteiger partial charge in [0.15, 0.2) is 8.07 Å². The molecule has 0 atom stereocenters. The van der Waals surface area contributed by atoms with Gasteiger partial charge in [-0.3, -0.25) is 4.98 Å². The van der Waals surface area contributed by atoms with Crippen molar-refractivity contribution in [2.24, 2.45) is 0 Å². The number of imidazole rings is 1. The predicted molar refractivity (Wildman–Crippen MR) is 194 cm³/mol. The highest BCUT2D eigenvalue weighted by Gasteiger charge is 2.40. The maximum Gasteiger partial charge on any atom is 0.215 e. The molecule has 0 amide bonds. The average molecular weight is 602 g/mol. The van der Waals surface area contributed by atoms with Crippen LogP contribution in [-0.4, -0.2) is 24.9 Å². The van der Waals surface area contributed by atoms with Crippen molar-refractivity contribution >= 4 is 36.6 Å². The molecule has 0 saturated carbocycles. The van der Waals surface area contributed by atoms with Gasteiger partial charge in [0.2, 0.25) is 7.28 Å². The summed E-state index contributed by atoms with van der Waals surface area (Å²) in [4.78, 5) is 4.96. The molecule has 0 fully saturated rings. The van der Waals surface area contributed by atoms with Crippen LogP contribution in [0.4, 0.5) is 0 Å². The smallest absolute Gasteiger partial charge is 0.215 e. The van der Waals surface area contributed by atoms with Gasteiger partial charge in [-0.1, -0.05) is 172 Å². The molecule has 223 valence electrons. The van der Waals surface area contributed by atoms with Crippen molar-refractivity contribution in [3.8, 4) is 0 Å². The SMILES string of the molecule is CCCCCCc1ccc([Si](Cn2ccnc2[B]C(c2ccccc2)c2ccccc2)(c2ccccc2)c2ccccc2)cc1. The lowest BCUT2D eigenvalue weighted by molar-refractivity contribution is 0.667. The Balaban J connectivity index is 1.42. The fraction of sp³-hybridized carbons (Fsp3) is 0.195. The summed E-state index contributed by atoms with van der Waals surface area (Å²) < 4.78 is 2.41. The highest BCUT2D eigenvalue weighted by atomic mass is 28.3. The number of unbranched alkanes of at least 4 members (excludes halogenated alkanes) is 3. The highest BCUT2D eigenvalue weighted by molar-refractivity contribution is 7.10. The summed E-state index contributed by atoms with van der Waals surface area (Å²) in [5.41, 5.74) is 4.97. The molecule has 1 radical (unpaired) electrons. The zero-order valence-corrected chi connectivity index (χ0v) is 27.3. The normalized spacial score (nSPS) is 11.5. The maximum absolute atomic E-state index is 4.96. The number of rotatable bonds is 14. The lowest BCUT2D eigenvalue weighted by Crippen LogP contribution is -2.70. The number of benzene rings is 5. The van der Waals surface area contributed by atoms with Gasteiger partial charge in [0, 0.05) is 18.6 Å². The molecule has 0 aliphatic heterocycles. The van der Waals surface area contributed by atoms with Gasteiger partial charge in [0.05, 0.1) is 5.72 Å². The maximum atomic E-state index is 4.96. The standard InChI is InChI=1S/C41H42BN2Si/c1-2-3-4-9-18-34-27-29-39(30-28-34)45(37-23-14-7-15-24-37,38-25-16-8-17-26-38)33-44-32-31-43-41(44)42-40(35-19-10-5-11-20-35)36-21-12-6-13-22-36/h5-8,10-17,19-32,40H,2-4,9,18,33H2,1H3. The second kappa shape index (κ2) is 15.1. The minimum atomic E-state index is -2.53. The van der Waals surface area contributed by atoms with Gasteiger partial charge in [0.1, 0.15) is 0 Å². The Hall–Kier alpha value is -4.41. The molecular weight excluding hydrogens is 559 g/mol. The van der Waals surface area contributed by atoms with Gasteiger partial charge in [-0.05, 0) is 50.9 Å². The minimum absolute atomic E-state index is 0.102. The first-order valence-corrected chi connectivity index (χ1v) is 18.6. The average Bonchev–Trinajstić information content (AvgIpc) is 3.56. The Labute approximate surface area is 271 Å². The van der Waals surface area contributed by atoms with Crippen LogP contribution < -0.4 is 21.3 Å². The summed E-state index contributed by atoms with van der Waals surface area (Å²) in [6, 6.07) is 53.6. The molecule has 45 heavy (non-hydrogen) atoms. The number of aryl methyl sites for hydroxylation is 1. The largest absolute Gasteiger partial charge is 0.345 e. The van der Waals surface area contributed by atoms with Gasteiger partial charge >= 0.3 is 0 Å². The Morgan fingerprint density at radius 1 is 0.600 bits per heavy atom. The van der Waals surface area contributed by atoms with Crippen molar-refractivity contribution in [2.75, 3.05) is 0 Å². The van der Waals surface area contributed by atoms with E-state index in [1.807, 2.05) is 6.20 Å². The van der Waals surface area contributed by atoms with E-state index in [4.69, 9.17) is 4.98 Å². The van der Waals surface area contributed by atoms with Crippen LogP contribution in [0.15, 0.2) is 158 Å². The minimum Gasteiger partial charge on any atom is -0.345 e. The van der Waals surface area contributed by atoms with Crippen LogP contribution in [0.3, 0.4) is 0 Å². The molecule has 0 aliphatic rings. The molecule has 0 saturated heterocycles. The number of hydrogen-bond acceptors (Lipinski definition) is 1. The fourth-order valence-corrected chi connectivity index (χ4v) is 11.2. The van der Waals surface area contributed by atoms with Crippen LogP contribution in [0.25, 0.3) is 0 Å². The van der Waals surface area contributed by atoms with Crippen molar-refractivity contribution in [1.29, 1.82) is 0 Å². The lowest BCUT2D eigenvalue weighted by Gasteiger charge is -2.35. The van der Waals surface area contributed by atoms with Crippen molar-refractivity contribution in [1.82, 2.24) is 9.55 Å². The van der Waals surface area contributed by atoms with E-state index in [9.17, 15) is 0 Å². The molecular formula is C41H42BN2Si. The van der Waals surface area contributed by atoms with E-state index < -0.39 is 8.07 Å². The number of nitrogens with zero attached hydrogens (tertiary/aromatic N) is 2. The van der Waals surface area contributed by atoms with E-state index in [0.717, 1.165) is 18.3 Å². The highest BCUT2D eigenvalue weighted by Crippen LogP contribution is 2.23. The summed E-state index contributed by atoms with van der Waals surface area (Å²) in [6.45, 7) is 2.28. The third-order valence-corrected chi connectivity index (χ3v) is 13.9. The van der Waals surface area contributed by atoms with Gasteiger partial charge in [-0.15, -0.1) is 0 Å². The van der Waals surface area contributed by atoms with E-state index in [1.54, 1.807) is 0 Å². The Morgan fingerprint density at radius 2 is 1.11 bits per heavy atom. The van der Waals surface area contributed by atoms with E-state index in [0.29, 0.717) is 0 Å². The molecule has 1 aromatic heterocycles. The molecule has 6 aromatic rings. The van der Waals surface area contributed by atoms with Crippen LogP contribution in [0.1, 0.15) is 55.1 Å². The van der Waals surface area contributed by atoms with E-state index in [-0.39, 0.29) is 5.82 Å². The van der Waals surface area contributed by atoms with Crippen molar-refractivity contribution in [3.63, 3.8) is 0 Å². The Morgan fingerprint density at radius 3 is 1.64 bits per heavy atom. The van der Waals surface area contributed by atoms with Crippen LogP contribution >= 0.6 is 0 Å². The van der Waals surface area contributed by atoms with Crippen LogP contribution in [0.5, 0.6) is 0 Å². The molecule has 5 aromatic carbocycles. The molecule has 4 heteroatoms. The summed E-state index contributed by atoms with van der Waals surface area (Å²) in [7, 11) is -0.187. The van der Waals surface area contributed by atoms with Gasteiger partial charge in [-0.2, -0.15) is 0 Å². The van der Waals surface area contributed by atoms with Crippen molar-refractivity contribution < 1.29 is 0 Å². The van der Waals surface area contributed by atoms with Crippen molar-refractivity contribution in [3.05, 3.63) is 175 Å². The molecule has 2 nitrogen and oxygen atoms in total. The van der Waals surface area contributed by atoms with Gasteiger partial charge < -0.3 is 4.57 Å². The van der Waals surface area contributed by atoms with Gasteiger partial charge in [0.25, 0.3) is 0 Å². The second-order valence-electron chi connectivity index (χ2n) is 12.0. The topological polar surface area (TPSA) is 17.8 Å². The van der Waals surface area contributed by atoms with Gasteiger partial charge in [-0.25, -0.2) is 0 Å². The first-order valence-electron chi connectivity index (χ1n) is 16.4. The molecule has 0 aliphatic carbocycles. The van der Waals surface area contributed by atoms with Crippen molar-refractivity contribution in [2.45, 2.75) is 51.0 Å². The molecule has 6 rings (SSSR count). The van der Waals surface area contributed by atoms with E-state index >= 15 is 0 Å². The Bertz CT molecular complexity index is 1640. The molecule has 1 heterocycles. The third-order valence-electron chi connectivity index (χ3n) is 9.09. The zero-order valence-electron chi connectivity index (χ0n) is 26.3. The lowest BCUT2D eigenvalue weighted by atomic mass is 9.58. The summed E-state index contributed by atoms with van der Waals surface area (Å²) in [5, 5.41) is 4.25. The Kier molecular flexibility index (Phi) is 10.2. The van der Waals surface area contributed by atoms with Crippen LogP contribution in [-0.2, 0) is 12.6 Å². The zero-order chi connectivity index (χ0) is 30.7. The first kappa shape index (κ1) is 30.6. The first-order chi connectivity index (χ1) is 22.3. The molecule has 0 spiro atoms. The summed E-state index contributed by atoms with van der Waals surface area (Å²) in [5.74, 6) is 0.102. The number of hydrogen-bond donors (Lipinski definition) is 0. The second-order valence-corrected chi connectivity index (χ2v) is 15.9. The van der Waals surface area contributed by atoms with Crippen LogP contribution in [0, 0.1) is 0 Å². The monoisotopic (exact) mass is 601 g/mol. The molecule has 0 N–H and O–H groups in total. The molecule has 0 bridgehead atoms. The summed E-state index contributed by atoms with van der Waals surface area (Å²) in [6.07, 6.45) is 11.3. The third kappa shape index (κ3) is 7.13. The van der Waals surface area contributed by atoms with E-state index in [1.165, 1.54) is 57.9 Å². The van der Waals surface area contributed by atoms with E-state index in [2.05, 4.69) is 171 Å². The summed E-state index contributed by atoms with van der Waals surface area (Å²) >= 11 is 0. The quantitative estimate of drug-likeness (QED) is 0.0760. The van der Waals surface area contributed by atoms with Crippen LogP contribution in [0.2, 0.25) is 0 Å². The molecule has 0 unspecified atom stereocenters.